The Hall–Kier alpha value is -0.660. The summed E-state index contributed by atoms with van der Waals surface area (Å²) in [5.74, 6) is -0.0775. The Balaban J connectivity index is 3.39. The highest BCUT2D eigenvalue weighted by Gasteiger charge is 2.01. The number of carbonyl (C=O) groups is 1. The van der Waals surface area contributed by atoms with Gasteiger partial charge in [0.05, 0.1) is 6.26 Å². The number of carbonyl (C=O) groups excluding carboxylic acids is 1. The molecule has 0 spiro atoms. The van der Waals surface area contributed by atoms with E-state index >= 15 is 0 Å². The van der Waals surface area contributed by atoms with E-state index in [-0.39, 0.29) is 12.5 Å². The van der Waals surface area contributed by atoms with Gasteiger partial charge in [0.25, 0.3) is 0 Å². The first-order valence-electron chi connectivity index (χ1n) is 4.87. The van der Waals surface area contributed by atoms with Crippen LogP contribution in [0, 0.1) is 0 Å². The third kappa shape index (κ3) is 11.3. The highest BCUT2D eigenvalue weighted by Crippen LogP contribution is 1.77. The highest BCUT2D eigenvalue weighted by atomic mass is 32.2. The first kappa shape index (κ1) is 14.3. The summed E-state index contributed by atoms with van der Waals surface area (Å²) in [6, 6.07) is 0. The van der Waals surface area contributed by atoms with Gasteiger partial charge in [-0.3, -0.25) is 4.79 Å². The summed E-state index contributed by atoms with van der Waals surface area (Å²) < 4.78 is 23.6. The van der Waals surface area contributed by atoms with Crippen LogP contribution in [0.25, 0.3) is 0 Å². The van der Waals surface area contributed by atoms with Gasteiger partial charge in [-0.15, -0.1) is 0 Å². The molecule has 3 N–H and O–H groups in total. The van der Waals surface area contributed by atoms with E-state index in [0.29, 0.717) is 19.5 Å². The predicted octanol–water partition coefficient (Wildman–Crippen LogP) is -1.35. The minimum absolute atomic E-state index is 0.0775. The second kappa shape index (κ2) is 7.61. The fourth-order valence-electron chi connectivity index (χ4n) is 0.905. The molecule has 0 fully saturated rings. The molecule has 0 heterocycles. The first-order chi connectivity index (χ1) is 6.95. The van der Waals surface area contributed by atoms with Crippen molar-refractivity contribution in [3.63, 3.8) is 0 Å². The van der Waals surface area contributed by atoms with E-state index in [4.69, 9.17) is 0 Å². The fraction of sp³-hybridized carbons (Fsp3) is 0.875. The Morgan fingerprint density at radius 2 is 1.87 bits per heavy atom. The number of amides is 1. The van der Waals surface area contributed by atoms with Crippen LogP contribution in [0.3, 0.4) is 0 Å². The zero-order valence-electron chi connectivity index (χ0n) is 9.17. The molecule has 0 atom stereocenters. The van der Waals surface area contributed by atoms with Crippen LogP contribution in [-0.2, 0) is 14.8 Å². The third-order valence-electron chi connectivity index (χ3n) is 1.59. The van der Waals surface area contributed by atoms with Crippen molar-refractivity contribution in [3.05, 3.63) is 0 Å². The number of nitrogens with one attached hydrogen (secondary N) is 3. The molecule has 7 heteroatoms. The van der Waals surface area contributed by atoms with Crippen LogP contribution in [0.15, 0.2) is 0 Å². The Morgan fingerprint density at radius 3 is 2.40 bits per heavy atom. The lowest BCUT2D eigenvalue weighted by Gasteiger charge is -2.05. The lowest BCUT2D eigenvalue weighted by atomic mass is 10.4. The Labute approximate surface area is 90.9 Å². The van der Waals surface area contributed by atoms with E-state index in [1.807, 2.05) is 6.92 Å². The van der Waals surface area contributed by atoms with Crippen LogP contribution in [-0.4, -0.2) is 46.8 Å². The molecule has 0 aromatic heterocycles. The van der Waals surface area contributed by atoms with Crippen LogP contribution in [0.1, 0.15) is 13.3 Å². The molecule has 0 aromatic carbocycles. The number of rotatable bonds is 8. The molecule has 0 bridgehead atoms. The van der Waals surface area contributed by atoms with Gasteiger partial charge in [0.2, 0.25) is 15.9 Å². The van der Waals surface area contributed by atoms with Crippen LogP contribution in [0.2, 0.25) is 0 Å². The molecule has 0 saturated carbocycles. The smallest absolute Gasteiger partial charge is 0.221 e. The summed E-state index contributed by atoms with van der Waals surface area (Å²) in [4.78, 5) is 11.1. The molecule has 0 saturated heterocycles. The summed E-state index contributed by atoms with van der Waals surface area (Å²) in [6.45, 7) is 3.99. The van der Waals surface area contributed by atoms with E-state index in [9.17, 15) is 13.2 Å². The molecule has 0 aliphatic rings. The van der Waals surface area contributed by atoms with Gasteiger partial charge >= 0.3 is 0 Å². The van der Waals surface area contributed by atoms with E-state index in [1.54, 1.807) is 0 Å². The summed E-state index contributed by atoms with van der Waals surface area (Å²) >= 11 is 0. The fourth-order valence-corrected chi connectivity index (χ4v) is 1.38. The van der Waals surface area contributed by atoms with Crippen LogP contribution < -0.4 is 15.4 Å². The highest BCUT2D eigenvalue weighted by molar-refractivity contribution is 7.88. The van der Waals surface area contributed by atoms with Crippen molar-refractivity contribution in [2.45, 2.75) is 13.3 Å². The van der Waals surface area contributed by atoms with Gasteiger partial charge in [-0.25, -0.2) is 13.1 Å². The topological polar surface area (TPSA) is 87.3 Å². The van der Waals surface area contributed by atoms with Crippen molar-refractivity contribution in [2.24, 2.45) is 0 Å². The summed E-state index contributed by atoms with van der Waals surface area (Å²) in [6.07, 6.45) is 1.49. The van der Waals surface area contributed by atoms with Crippen molar-refractivity contribution < 1.29 is 13.2 Å². The average Bonchev–Trinajstić information content (AvgIpc) is 2.11. The van der Waals surface area contributed by atoms with Gasteiger partial charge in [0.15, 0.2) is 0 Å². The van der Waals surface area contributed by atoms with E-state index < -0.39 is 10.0 Å². The molecule has 90 valence electrons. The maximum atomic E-state index is 11.1. The van der Waals surface area contributed by atoms with E-state index in [1.165, 1.54) is 0 Å². The molecular formula is C8H19N3O3S. The predicted molar refractivity (Wildman–Crippen MR) is 59.0 cm³/mol. The molecule has 0 aromatic rings. The standard InChI is InChI=1S/C8H19N3O3S/c1-3-9-5-4-8(12)10-6-7-11-15(2,13)14/h9,11H,3-7H2,1-2H3,(H,10,12). The van der Waals surface area contributed by atoms with Gasteiger partial charge in [0.1, 0.15) is 0 Å². The minimum atomic E-state index is -3.16. The average molecular weight is 237 g/mol. The van der Waals surface area contributed by atoms with Crippen LogP contribution >= 0.6 is 0 Å². The molecule has 0 rings (SSSR count). The molecule has 0 radical (unpaired) electrons. The normalized spacial score (nSPS) is 11.3. The molecule has 0 aliphatic heterocycles. The maximum absolute atomic E-state index is 11.1. The van der Waals surface area contributed by atoms with Crippen LogP contribution in [0.4, 0.5) is 0 Å². The third-order valence-corrected chi connectivity index (χ3v) is 2.32. The van der Waals surface area contributed by atoms with E-state index in [0.717, 1.165) is 12.8 Å². The van der Waals surface area contributed by atoms with Gasteiger partial charge in [-0.2, -0.15) is 0 Å². The second-order valence-corrected chi connectivity index (χ2v) is 4.95. The number of hydrogen-bond acceptors (Lipinski definition) is 4. The molecule has 0 unspecified atom stereocenters. The molecule has 1 amide bonds. The lowest BCUT2D eigenvalue weighted by Crippen LogP contribution is -2.35. The minimum Gasteiger partial charge on any atom is -0.355 e. The van der Waals surface area contributed by atoms with Crippen molar-refractivity contribution >= 4 is 15.9 Å². The van der Waals surface area contributed by atoms with E-state index in [2.05, 4.69) is 15.4 Å². The molecule has 0 aliphatic carbocycles. The van der Waals surface area contributed by atoms with Crippen molar-refractivity contribution in [1.29, 1.82) is 0 Å². The van der Waals surface area contributed by atoms with Gasteiger partial charge in [-0.05, 0) is 6.54 Å². The quantitative estimate of drug-likeness (QED) is 0.456. The van der Waals surface area contributed by atoms with Crippen molar-refractivity contribution in [1.82, 2.24) is 15.4 Å². The van der Waals surface area contributed by atoms with Gasteiger partial charge < -0.3 is 10.6 Å². The SMILES string of the molecule is CCNCCC(=O)NCCNS(C)(=O)=O. The van der Waals surface area contributed by atoms with Crippen LogP contribution in [0.5, 0.6) is 0 Å². The van der Waals surface area contributed by atoms with Crippen molar-refractivity contribution in [2.75, 3.05) is 32.4 Å². The second-order valence-electron chi connectivity index (χ2n) is 3.12. The zero-order chi connectivity index (χ0) is 11.7. The lowest BCUT2D eigenvalue weighted by molar-refractivity contribution is -0.120. The summed E-state index contributed by atoms with van der Waals surface area (Å²) in [7, 11) is -3.16. The van der Waals surface area contributed by atoms with Crippen molar-refractivity contribution in [3.8, 4) is 0 Å². The maximum Gasteiger partial charge on any atom is 0.221 e. The zero-order valence-corrected chi connectivity index (χ0v) is 9.99. The number of hydrogen-bond donors (Lipinski definition) is 3. The Morgan fingerprint density at radius 1 is 1.20 bits per heavy atom. The summed E-state index contributed by atoms with van der Waals surface area (Å²) in [5, 5.41) is 5.63. The monoisotopic (exact) mass is 237 g/mol. The molecular weight excluding hydrogens is 218 g/mol. The Kier molecular flexibility index (Phi) is 7.27. The van der Waals surface area contributed by atoms with Gasteiger partial charge in [0, 0.05) is 26.1 Å². The molecule has 6 nitrogen and oxygen atoms in total. The van der Waals surface area contributed by atoms with Gasteiger partial charge in [-0.1, -0.05) is 6.92 Å². The largest absolute Gasteiger partial charge is 0.355 e. The molecule has 15 heavy (non-hydrogen) atoms. The first-order valence-corrected chi connectivity index (χ1v) is 6.77. The summed E-state index contributed by atoms with van der Waals surface area (Å²) in [5.41, 5.74) is 0. The Bertz CT molecular complexity index is 277. The number of sulfonamides is 1.